The van der Waals surface area contributed by atoms with Gasteiger partial charge in [0, 0.05) is 5.92 Å². The van der Waals surface area contributed by atoms with E-state index in [0.717, 1.165) is 5.71 Å². The molecule has 0 saturated heterocycles. The fraction of sp³-hybridized carbons (Fsp3) is 0.750. The van der Waals surface area contributed by atoms with E-state index in [-0.39, 0.29) is 5.92 Å². The minimum absolute atomic E-state index is 0.176. The van der Waals surface area contributed by atoms with Gasteiger partial charge in [-0.2, -0.15) is 0 Å². The average Bonchev–Trinajstić information content (AvgIpc) is 1.59. The van der Waals surface area contributed by atoms with Crippen LogP contribution in [-0.2, 0) is 0 Å². The molecular formula is C8H17NO. The average molecular weight is 143 g/mol. The van der Waals surface area contributed by atoms with Gasteiger partial charge in [-0.05, 0) is 4.74 Å². The summed E-state index contributed by atoms with van der Waals surface area (Å²) in [7, 11) is 1.64. The quantitative estimate of drug-likeness (QED) is 0.205. The van der Waals surface area contributed by atoms with Crippen LogP contribution in [0.15, 0.2) is 0 Å². The topological polar surface area (TPSA) is 23.2 Å². The fourth-order valence-electron chi connectivity index (χ4n) is 1.26. The van der Waals surface area contributed by atoms with Crippen molar-refractivity contribution in [2.45, 2.75) is 20.8 Å². The second-order valence-electron chi connectivity index (χ2n) is 3.00. The molecular weight excluding hydrogens is 126 g/mol. The molecule has 0 fully saturated rings. The Morgan fingerprint density at radius 3 is 1.80 bits per heavy atom. The third kappa shape index (κ3) is 2.38. The molecule has 0 aromatic rings. The van der Waals surface area contributed by atoms with Crippen LogP contribution >= 0.6 is 0 Å². The van der Waals surface area contributed by atoms with E-state index in [2.05, 4.69) is 6.92 Å². The smallest absolute Gasteiger partial charge is 0.183 e. The molecule has 60 valence electrons. The van der Waals surface area contributed by atoms with Crippen LogP contribution in [0.25, 0.3) is 0 Å². The van der Waals surface area contributed by atoms with E-state index in [1.807, 2.05) is 20.8 Å². The summed E-state index contributed by atoms with van der Waals surface area (Å²) in [6, 6.07) is 0. The number of hydrogen-bond donors (Lipinski definition) is 1. The van der Waals surface area contributed by atoms with Gasteiger partial charge in [0.1, 0.15) is 0 Å². The summed E-state index contributed by atoms with van der Waals surface area (Å²) in [6.07, 6.45) is 0. The molecule has 0 spiro atoms. The Morgan fingerprint density at radius 2 is 1.80 bits per heavy atom. The maximum absolute atomic E-state index is 9.11. The van der Waals surface area contributed by atoms with Crippen LogP contribution in [0.2, 0.25) is 0 Å². The molecule has 0 aliphatic rings. The molecule has 0 amide bonds. The lowest BCUT2D eigenvalue weighted by Crippen LogP contribution is -2.25. The van der Waals surface area contributed by atoms with E-state index < -0.39 is 0 Å². The van der Waals surface area contributed by atoms with E-state index >= 15 is 0 Å². The van der Waals surface area contributed by atoms with Crippen LogP contribution in [0, 0.1) is 18.8 Å². The van der Waals surface area contributed by atoms with Crippen molar-refractivity contribution in [1.29, 1.82) is 0 Å². The SMILES string of the molecule is [CH2-]C(C)/C(C(C)C)=[N+](/C)O. The summed E-state index contributed by atoms with van der Waals surface area (Å²) in [5, 5.41) is 9.11. The third-order valence-electron chi connectivity index (χ3n) is 1.47. The van der Waals surface area contributed by atoms with Crippen LogP contribution < -0.4 is 0 Å². The molecule has 0 aliphatic heterocycles. The Hall–Kier alpha value is -0.530. The first kappa shape index (κ1) is 9.47. The van der Waals surface area contributed by atoms with E-state index in [1.165, 1.54) is 4.74 Å². The lowest BCUT2D eigenvalue weighted by molar-refractivity contribution is -0.757. The molecule has 1 unspecified atom stereocenters. The minimum Gasteiger partial charge on any atom is -0.331 e. The minimum atomic E-state index is 0.176. The summed E-state index contributed by atoms with van der Waals surface area (Å²) in [6.45, 7) is 9.91. The second-order valence-corrected chi connectivity index (χ2v) is 3.00. The maximum atomic E-state index is 9.11. The highest BCUT2D eigenvalue weighted by atomic mass is 16.5. The molecule has 0 aromatic carbocycles. The van der Waals surface area contributed by atoms with E-state index in [4.69, 9.17) is 5.21 Å². The van der Waals surface area contributed by atoms with E-state index in [9.17, 15) is 0 Å². The number of rotatable bonds is 2. The van der Waals surface area contributed by atoms with Gasteiger partial charge >= 0.3 is 0 Å². The number of hydrogen-bond acceptors (Lipinski definition) is 1. The molecule has 0 bridgehead atoms. The highest BCUT2D eigenvalue weighted by Gasteiger charge is 2.15. The Balaban J connectivity index is 4.44. The monoisotopic (exact) mass is 143 g/mol. The highest BCUT2D eigenvalue weighted by Crippen LogP contribution is 2.05. The zero-order valence-corrected chi connectivity index (χ0v) is 7.26. The van der Waals surface area contributed by atoms with Gasteiger partial charge in [0.2, 0.25) is 0 Å². The molecule has 10 heavy (non-hydrogen) atoms. The molecule has 2 heteroatoms. The first-order valence-corrected chi connectivity index (χ1v) is 3.59. The Labute approximate surface area is 63.1 Å². The van der Waals surface area contributed by atoms with Crippen LogP contribution in [0.4, 0.5) is 0 Å². The van der Waals surface area contributed by atoms with Gasteiger partial charge in [-0.3, -0.25) is 5.21 Å². The van der Waals surface area contributed by atoms with Gasteiger partial charge in [0.05, 0.1) is 0 Å². The lowest BCUT2D eigenvalue weighted by atomic mass is 9.97. The number of hydroxylamine groups is 1. The van der Waals surface area contributed by atoms with Crippen molar-refractivity contribution in [2.24, 2.45) is 11.8 Å². The largest absolute Gasteiger partial charge is 0.331 e. The zero-order valence-electron chi connectivity index (χ0n) is 7.26. The van der Waals surface area contributed by atoms with Crippen molar-refractivity contribution < 1.29 is 9.95 Å². The van der Waals surface area contributed by atoms with Crippen molar-refractivity contribution >= 4 is 5.71 Å². The first-order chi connectivity index (χ1) is 4.46. The molecule has 0 heterocycles. The van der Waals surface area contributed by atoms with Crippen LogP contribution in [0.1, 0.15) is 20.8 Å². The van der Waals surface area contributed by atoms with Gasteiger partial charge < -0.3 is 6.92 Å². The molecule has 1 atom stereocenters. The van der Waals surface area contributed by atoms with Gasteiger partial charge in [0.15, 0.2) is 12.8 Å². The van der Waals surface area contributed by atoms with Gasteiger partial charge in [-0.15, -0.1) is 0 Å². The van der Waals surface area contributed by atoms with Crippen LogP contribution in [0.3, 0.4) is 0 Å². The van der Waals surface area contributed by atoms with Gasteiger partial charge in [0.25, 0.3) is 0 Å². The number of nitrogens with zero attached hydrogens (tertiary/aromatic N) is 1. The Morgan fingerprint density at radius 1 is 1.40 bits per heavy atom. The zero-order chi connectivity index (χ0) is 8.31. The Kier molecular flexibility index (Phi) is 3.40. The van der Waals surface area contributed by atoms with Gasteiger partial charge in [-0.25, -0.2) is 0 Å². The maximum Gasteiger partial charge on any atom is 0.183 e. The molecule has 0 aliphatic carbocycles. The standard InChI is InChI=1S/C8H17NO/c1-6(2)8(7(3)4)9(5)10/h6-7,10H,1H2,2-5H3/b9-8+. The van der Waals surface area contributed by atoms with Crippen molar-refractivity contribution in [2.75, 3.05) is 7.05 Å². The van der Waals surface area contributed by atoms with Crippen LogP contribution in [-0.4, -0.2) is 22.7 Å². The summed E-state index contributed by atoms with van der Waals surface area (Å²) >= 11 is 0. The molecule has 1 N–H and O–H groups in total. The predicted octanol–water partition coefficient (Wildman–Crippen LogP) is 1.59. The molecule has 2 nitrogen and oxygen atoms in total. The van der Waals surface area contributed by atoms with Gasteiger partial charge in [-0.1, -0.05) is 26.7 Å². The summed E-state index contributed by atoms with van der Waals surface area (Å²) < 4.78 is 1.17. The normalized spacial score (nSPS) is 17.0. The fourth-order valence-corrected chi connectivity index (χ4v) is 1.26. The van der Waals surface area contributed by atoms with Crippen LogP contribution in [0.5, 0.6) is 0 Å². The van der Waals surface area contributed by atoms with Crippen molar-refractivity contribution in [1.82, 2.24) is 0 Å². The Bertz CT molecular complexity index is 122. The second kappa shape index (κ2) is 3.59. The molecule has 0 saturated carbocycles. The molecule has 0 radical (unpaired) electrons. The predicted molar refractivity (Wildman–Crippen MR) is 42.3 cm³/mol. The summed E-state index contributed by atoms with van der Waals surface area (Å²) in [4.78, 5) is 0. The van der Waals surface area contributed by atoms with Crippen molar-refractivity contribution in [3.05, 3.63) is 6.92 Å². The molecule has 0 aromatic heterocycles. The van der Waals surface area contributed by atoms with Crippen molar-refractivity contribution in [3.8, 4) is 0 Å². The summed E-state index contributed by atoms with van der Waals surface area (Å²) in [5.74, 6) is 0.539. The van der Waals surface area contributed by atoms with Crippen molar-refractivity contribution in [3.63, 3.8) is 0 Å². The van der Waals surface area contributed by atoms with E-state index in [0.29, 0.717) is 5.92 Å². The first-order valence-electron chi connectivity index (χ1n) is 3.59. The summed E-state index contributed by atoms with van der Waals surface area (Å²) in [5.41, 5.74) is 0.972. The third-order valence-corrected chi connectivity index (χ3v) is 1.47. The molecule has 0 rings (SSSR count). The highest BCUT2D eigenvalue weighted by molar-refractivity contribution is 5.83. The van der Waals surface area contributed by atoms with E-state index in [1.54, 1.807) is 7.05 Å². The lowest BCUT2D eigenvalue weighted by Gasteiger charge is -2.12.